The quantitative estimate of drug-likeness (QED) is 0.819. The Morgan fingerprint density at radius 1 is 1.37 bits per heavy atom. The second-order valence-electron chi connectivity index (χ2n) is 6.70. The molecule has 2 heterocycles. The van der Waals surface area contributed by atoms with Crippen LogP contribution in [0.2, 0.25) is 0 Å². The van der Waals surface area contributed by atoms with Crippen LogP contribution in [0.15, 0.2) is 23.6 Å². The van der Waals surface area contributed by atoms with E-state index in [4.69, 9.17) is 5.73 Å². The third-order valence-corrected chi connectivity index (χ3v) is 5.67. The number of aromatic nitrogens is 1. The molecule has 0 aliphatic carbocycles. The molecule has 0 saturated carbocycles. The number of hydrogen-bond donors (Lipinski definition) is 2. The van der Waals surface area contributed by atoms with Crippen LogP contribution in [-0.2, 0) is 17.9 Å². The standard InChI is InChI=1S/C19H23FN4O2S/c1-12-2-3-13(8-15(12)20)10-22-18(25)14-4-6-24(7-5-14)19(26)16-11-27-17(9-21)23-16/h2-3,8,11,14H,4-7,9-10,21H2,1H3,(H,22,25). The van der Waals surface area contributed by atoms with Crippen molar-refractivity contribution < 1.29 is 14.0 Å². The Hall–Kier alpha value is -2.32. The van der Waals surface area contributed by atoms with E-state index in [-0.39, 0.29) is 23.5 Å². The first-order valence-corrected chi connectivity index (χ1v) is 9.82. The van der Waals surface area contributed by atoms with Gasteiger partial charge in [-0.25, -0.2) is 9.37 Å². The van der Waals surface area contributed by atoms with Crippen LogP contribution in [0.4, 0.5) is 4.39 Å². The summed E-state index contributed by atoms with van der Waals surface area (Å²) in [5.41, 5.74) is 7.28. The zero-order valence-corrected chi connectivity index (χ0v) is 16.0. The van der Waals surface area contributed by atoms with Crippen molar-refractivity contribution in [1.29, 1.82) is 0 Å². The molecule has 1 aliphatic heterocycles. The van der Waals surface area contributed by atoms with Crippen molar-refractivity contribution in [2.75, 3.05) is 13.1 Å². The Kier molecular flexibility index (Phi) is 6.18. The Balaban J connectivity index is 1.48. The number of rotatable bonds is 5. The molecule has 1 fully saturated rings. The molecule has 1 aromatic heterocycles. The number of nitrogens with one attached hydrogen (secondary N) is 1. The number of benzene rings is 1. The number of likely N-dealkylation sites (tertiary alicyclic amines) is 1. The van der Waals surface area contributed by atoms with Gasteiger partial charge in [0.15, 0.2) is 0 Å². The van der Waals surface area contributed by atoms with Crippen molar-refractivity contribution in [3.8, 4) is 0 Å². The van der Waals surface area contributed by atoms with Crippen LogP contribution < -0.4 is 11.1 Å². The van der Waals surface area contributed by atoms with Crippen molar-refractivity contribution in [1.82, 2.24) is 15.2 Å². The fourth-order valence-electron chi connectivity index (χ4n) is 3.09. The highest BCUT2D eigenvalue weighted by Crippen LogP contribution is 2.20. The molecule has 3 N–H and O–H groups in total. The van der Waals surface area contributed by atoms with E-state index in [0.29, 0.717) is 50.3 Å². The molecule has 3 rings (SSSR count). The summed E-state index contributed by atoms with van der Waals surface area (Å²) in [4.78, 5) is 30.8. The minimum Gasteiger partial charge on any atom is -0.352 e. The molecule has 2 aromatic rings. The topological polar surface area (TPSA) is 88.3 Å². The van der Waals surface area contributed by atoms with Gasteiger partial charge in [-0.2, -0.15) is 0 Å². The summed E-state index contributed by atoms with van der Waals surface area (Å²) in [6.45, 7) is 3.37. The lowest BCUT2D eigenvalue weighted by Crippen LogP contribution is -2.43. The molecule has 1 saturated heterocycles. The van der Waals surface area contributed by atoms with Crippen LogP contribution in [0, 0.1) is 18.7 Å². The maximum Gasteiger partial charge on any atom is 0.273 e. The van der Waals surface area contributed by atoms with E-state index in [9.17, 15) is 14.0 Å². The summed E-state index contributed by atoms with van der Waals surface area (Å²) in [5, 5.41) is 5.33. The highest BCUT2D eigenvalue weighted by Gasteiger charge is 2.28. The summed E-state index contributed by atoms with van der Waals surface area (Å²) < 4.78 is 13.6. The first-order valence-electron chi connectivity index (χ1n) is 8.94. The monoisotopic (exact) mass is 390 g/mol. The zero-order valence-electron chi connectivity index (χ0n) is 15.2. The molecule has 0 bridgehead atoms. The normalized spacial score (nSPS) is 15.0. The van der Waals surface area contributed by atoms with Gasteiger partial charge < -0.3 is 16.0 Å². The summed E-state index contributed by atoms with van der Waals surface area (Å²) in [5.74, 6) is -0.574. The van der Waals surface area contributed by atoms with Crippen molar-refractivity contribution in [2.24, 2.45) is 11.7 Å². The van der Waals surface area contributed by atoms with E-state index in [0.717, 1.165) is 10.6 Å². The highest BCUT2D eigenvalue weighted by atomic mass is 32.1. The minimum absolute atomic E-state index is 0.0536. The fourth-order valence-corrected chi connectivity index (χ4v) is 3.74. The first-order chi connectivity index (χ1) is 13.0. The van der Waals surface area contributed by atoms with Crippen molar-refractivity contribution >= 4 is 23.2 Å². The van der Waals surface area contributed by atoms with E-state index in [1.807, 2.05) is 6.07 Å². The summed E-state index contributed by atoms with van der Waals surface area (Å²) in [6.07, 6.45) is 1.21. The maximum absolute atomic E-state index is 13.6. The number of halogens is 1. The van der Waals surface area contributed by atoms with Crippen LogP contribution in [0.5, 0.6) is 0 Å². The van der Waals surface area contributed by atoms with Gasteiger partial charge in [-0.1, -0.05) is 12.1 Å². The number of nitrogens with two attached hydrogens (primary N) is 1. The smallest absolute Gasteiger partial charge is 0.273 e. The summed E-state index contributed by atoms with van der Waals surface area (Å²) >= 11 is 1.38. The molecule has 6 nitrogen and oxygen atoms in total. The van der Waals surface area contributed by atoms with E-state index >= 15 is 0 Å². The third-order valence-electron chi connectivity index (χ3n) is 4.80. The molecular weight excluding hydrogens is 367 g/mol. The van der Waals surface area contributed by atoms with Gasteiger partial charge in [0.2, 0.25) is 5.91 Å². The second-order valence-corrected chi connectivity index (χ2v) is 7.64. The predicted molar refractivity (Wildman–Crippen MR) is 102 cm³/mol. The van der Waals surface area contributed by atoms with E-state index in [1.165, 1.54) is 17.4 Å². The minimum atomic E-state index is -0.270. The van der Waals surface area contributed by atoms with Crippen molar-refractivity contribution in [3.05, 3.63) is 51.2 Å². The molecule has 0 atom stereocenters. The average molecular weight is 390 g/mol. The molecule has 0 unspecified atom stereocenters. The fraction of sp³-hybridized carbons (Fsp3) is 0.421. The van der Waals surface area contributed by atoms with E-state index < -0.39 is 0 Å². The molecule has 0 radical (unpaired) electrons. The molecule has 0 spiro atoms. The number of carbonyl (C=O) groups excluding carboxylic acids is 2. The lowest BCUT2D eigenvalue weighted by Gasteiger charge is -2.31. The number of hydrogen-bond acceptors (Lipinski definition) is 5. The number of carbonyl (C=O) groups is 2. The van der Waals surface area contributed by atoms with Crippen LogP contribution in [0.3, 0.4) is 0 Å². The van der Waals surface area contributed by atoms with Crippen molar-refractivity contribution in [3.63, 3.8) is 0 Å². The van der Waals surface area contributed by atoms with Gasteiger partial charge in [0.25, 0.3) is 5.91 Å². The van der Waals surface area contributed by atoms with E-state index in [2.05, 4.69) is 10.3 Å². The van der Waals surface area contributed by atoms with Gasteiger partial charge in [-0.3, -0.25) is 9.59 Å². The lowest BCUT2D eigenvalue weighted by atomic mass is 9.95. The lowest BCUT2D eigenvalue weighted by molar-refractivity contribution is -0.126. The van der Waals surface area contributed by atoms with Gasteiger partial charge in [0.05, 0.1) is 0 Å². The van der Waals surface area contributed by atoms with E-state index in [1.54, 1.807) is 23.3 Å². The summed E-state index contributed by atoms with van der Waals surface area (Å²) in [6, 6.07) is 4.96. The van der Waals surface area contributed by atoms with Crippen LogP contribution in [0.1, 0.15) is 39.5 Å². The second kappa shape index (κ2) is 8.58. The largest absolute Gasteiger partial charge is 0.352 e. The Bertz CT molecular complexity index is 831. The van der Waals surface area contributed by atoms with Gasteiger partial charge in [0.1, 0.15) is 16.5 Å². The molecule has 1 aliphatic rings. The molecule has 2 amide bonds. The van der Waals surface area contributed by atoms with Gasteiger partial charge in [-0.15, -0.1) is 11.3 Å². The average Bonchev–Trinajstić information content (AvgIpc) is 3.17. The maximum atomic E-state index is 13.6. The van der Waals surface area contributed by atoms with Crippen LogP contribution in [0.25, 0.3) is 0 Å². The first kappa shape index (κ1) is 19.4. The molecular formula is C19H23FN4O2S. The third kappa shape index (κ3) is 4.70. The molecule has 144 valence electrons. The van der Waals surface area contributed by atoms with Gasteiger partial charge in [0, 0.05) is 37.5 Å². The Labute approximate surface area is 161 Å². The SMILES string of the molecule is Cc1ccc(CNC(=O)C2CCN(C(=O)c3csc(CN)n3)CC2)cc1F. The van der Waals surface area contributed by atoms with Gasteiger partial charge >= 0.3 is 0 Å². The Morgan fingerprint density at radius 3 is 2.74 bits per heavy atom. The highest BCUT2D eigenvalue weighted by molar-refractivity contribution is 7.09. The molecule has 27 heavy (non-hydrogen) atoms. The number of piperidine rings is 1. The number of thiazole rings is 1. The Morgan fingerprint density at radius 2 is 2.11 bits per heavy atom. The molecule has 1 aromatic carbocycles. The number of nitrogens with zero attached hydrogens (tertiary/aromatic N) is 2. The zero-order chi connectivity index (χ0) is 19.4. The van der Waals surface area contributed by atoms with Crippen LogP contribution >= 0.6 is 11.3 Å². The van der Waals surface area contributed by atoms with Crippen LogP contribution in [-0.4, -0.2) is 34.8 Å². The summed E-state index contributed by atoms with van der Waals surface area (Å²) in [7, 11) is 0. The van der Waals surface area contributed by atoms with Gasteiger partial charge in [-0.05, 0) is 37.0 Å². The predicted octanol–water partition coefficient (Wildman–Crippen LogP) is 2.22. The number of aryl methyl sites for hydroxylation is 1. The van der Waals surface area contributed by atoms with Crippen molar-refractivity contribution in [2.45, 2.75) is 32.9 Å². The number of amides is 2. The molecule has 8 heteroatoms.